The summed E-state index contributed by atoms with van der Waals surface area (Å²) in [6, 6.07) is 4.56. The molecule has 0 spiro atoms. The Bertz CT molecular complexity index is 481. The molecule has 8 heteroatoms. The van der Waals surface area contributed by atoms with E-state index in [1.807, 2.05) is 6.92 Å². The van der Waals surface area contributed by atoms with E-state index < -0.39 is 15.7 Å². The van der Waals surface area contributed by atoms with E-state index in [2.05, 4.69) is 10.7 Å². The largest absolute Gasteiger partial charge is 0.382 e. The number of nitrogens with two attached hydrogens (primary N) is 1. The fourth-order valence-electron chi connectivity index (χ4n) is 1.58. The molecule has 106 valence electrons. The van der Waals surface area contributed by atoms with Gasteiger partial charge in [-0.25, -0.2) is 0 Å². The van der Waals surface area contributed by atoms with Crippen LogP contribution in [0.2, 0.25) is 0 Å². The van der Waals surface area contributed by atoms with Gasteiger partial charge in [0.1, 0.15) is 0 Å². The van der Waals surface area contributed by atoms with Crippen molar-refractivity contribution < 1.29 is 9.13 Å². The SMILES string of the molecule is CC(CCS(C)=O)Nc1cc(NN)cc([N+](=O)[O-])c1. The van der Waals surface area contributed by atoms with Gasteiger partial charge in [-0.1, -0.05) is 0 Å². The first kappa shape index (κ1) is 15.4. The van der Waals surface area contributed by atoms with Crippen molar-refractivity contribution in [2.75, 3.05) is 22.8 Å². The monoisotopic (exact) mass is 286 g/mol. The molecule has 2 atom stereocenters. The van der Waals surface area contributed by atoms with Crippen molar-refractivity contribution in [3.05, 3.63) is 28.3 Å². The molecule has 0 amide bonds. The lowest BCUT2D eigenvalue weighted by atomic mass is 10.2. The van der Waals surface area contributed by atoms with Crippen LogP contribution in [0, 0.1) is 10.1 Å². The van der Waals surface area contributed by atoms with E-state index in [1.165, 1.54) is 12.1 Å². The Balaban J connectivity index is 2.79. The zero-order valence-corrected chi connectivity index (χ0v) is 11.7. The van der Waals surface area contributed by atoms with Crippen LogP contribution >= 0.6 is 0 Å². The fraction of sp³-hybridized carbons (Fsp3) is 0.455. The average molecular weight is 286 g/mol. The molecular weight excluding hydrogens is 268 g/mol. The molecule has 4 N–H and O–H groups in total. The minimum atomic E-state index is -0.842. The maximum absolute atomic E-state index is 11.0. The van der Waals surface area contributed by atoms with Crippen molar-refractivity contribution in [3.63, 3.8) is 0 Å². The number of hydrogen-bond donors (Lipinski definition) is 3. The molecule has 19 heavy (non-hydrogen) atoms. The molecule has 1 aromatic carbocycles. The first-order valence-electron chi connectivity index (χ1n) is 5.75. The van der Waals surface area contributed by atoms with Crippen LogP contribution in [-0.4, -0.2) is 27.2 Å². The minimum Gasteiger partial charge on any atom is -0.382 e. The highest BCUT2D eigenvalue weighted by Crippen LogP contribution is 2.24. The van der Waals surface area contributed by atoms with Crippen LogP contribution in [0.25, 0.3) is 0 Å². The van der Waals surface area contributed by atoms with Gasteiger partial charge in [-0.05, 0) is 19.4 Å². The number of nitrogens with zero attached hydrogens (tertiary/aromatic N) is 1. The molecule has 0 aliphatic heterocycles. The van der Waals surface area contributed by atoms with Gasteiger partial charge in [0, 0.05) is 46.7 Å². The third-order valence-electron chi connectivity index (χ3n) is 2.55. The molecule has 1 aromatic rings. The van der Waals surface area contributed by atoms with Gasteiger partial charge in [0.25, 0.3) is 5.69 Å². The summed E-state index contributed by atoms with van der Waals surface area (Å²) in [6.45, 7) is 1.93. The maximum Gasteiger partial charge on any atom is 0.273 e. The van der Waals surface area contributed by atoms with Crippen LogP contribution in [0.1, 0.15) is 13.3 Å². The van der Waals surface area contributed by atoms with E-state index in [-0.39, 0.29) is 11.7 Å². The van der Waals surface area contributed by atoms with Gasteiger partial charge >= 0.3 is 0 Å². The zero-order valence-electron chi connectivity index (χ0n) is 10.9. The molecule has 0 fully saturated rings. The van der Waals surface area contributed by atoms with Crippen molar-refractivity contribution in [1.29, 1.82) is 0 Å². The normalized spacial score (nSPS) is 13.6. The standard InChI is InChI=1S/C11H18N4O3S/c1-8(3-4-19(2)18)13-9-5-10(14-12)7-11(6-9)15(16)17/h5-8,13-14H,3-4,12H2,1-2H3. The second-order valence-corrected chi connectivity index (χ2v) is 5.84. The van der Waals surface area contributed by atoms with Crippen LogP contribution in [0.4, 0.5) is 17.1 Å². The summed E-state index contributed by atoms with van der Waals surface area (Å²) in [6.07, 6.45) is 2.37. The smallest absolute Gasteiger partial charge is 0.273 e. The van der Waals surface area contributed by atoms with Crippen LogP contribution < -0.4 is 16.6 Å². The Hall–Kier alpha value is -1.67. The maximum atomic E-state index is 11.0. The molecule has 0 aliphatic rings. The van der Waals surface area contributed by atoms with Crippen molar-refractivity contribution >= 4 is 27.9 Å². The topological polar surface area (TPSA) is 110 Å². The van der Waals surface area contributed by atoms with Crippen LogP contribution in [-0.2, 0) is 10.8 Å². The van der Waals surface area contributed by atoms with Crippen LogP contribution in [0.5, 0.6) is 0 Å². The third-order valence-corrected chi connectivity index (χ3v) is 3.36. The second kappa shape index (κ2) is 7.05. The Morgan fingerprint density at radius 2 is 2.05 bits per heavy atom. The molecule has 0 saturated heterocycles. The summed E-state index contributed by atoms with van der Waals surface area (Å²) in [5, 5.41) is 13.9. The number of anilines is 2. The first-order valence-corrected chi connectivity index (χ1v) is 7.47. The number of nitro groups is 1. The number of hydrazine groups is 1. The van der Waals surface area contributed by atoms with Gasteiger partial charge < -0.3 is 10.7 Å². The lowest BCUT2D eigenvalue weighted by molar-refractivity contribution is -0.384. The number of benzene rings is 1. The molecule has 1 rings (SSSR count). The molecule has 0 bridgehead atoms. The highest BCUT2D eigenvalue weighted by molar-refractivity contribution is 7.84. The summed E-state index contributed by atoms with van der Waals surface area (Å²) in [5.74, 6) is 5.86. The van der Waals surface area contributed by atoms with Gasteiger partial charge in [0.2, 0.25) is 0 Å². The fourth-order valence-corrected chi connectivity index (χ4v) is 2.27. The Labute approximate surface area is 114 Å². The van der Waals surface area contributed by atoms with Gasteiger partial charge in [-0.3, -0.25) is 20.2 Å². The van der Waals surface area contributed by atoms with E-state index >= 15 is 0 Å². The quantitative estimate of drug-likeness (QED) is 0.397. The molecule has 0 radical (unpaired) electrons. The predicted molar refractivity (Wildman–Crippen MR) is 77.5 cm³/mol. The summed E-state index contributed by atoms with van der Waals surface area (Å²) >= 11 is 0. The van der Waals surface area contributed by atoms with Crippen molar-refractivity contribution in [1.82, 2.24) is 0 Å². The van der Waals surface area contributed by atoms with Crippen LogP contribution in [0.15, 0.2) is 18.2 Å². The van der Waals surface area contributed by atoms with Gasteiger partial charge in [0.05, 0.1) is 10.6 Å². The number of rotatable bonds is 7. The van der Waals surface area contributed by atoms with E-state index in [0.29, 0.717) is 17.1 Å². The molecule has 2 unspecified atom stereocenters. The Morgan fingerprint density at radius 3 is 2.58 bits per heavy atom. The molecule has 0 aliphatic carbocycles. The number of nitro benzene ring substituents is 1. The highest BCUT2D eigenvalue weighted by Gasteiger charge is 2.11. The van der Waals surface area contributed by atoms with E-state index in [1.54, 1.807) is 12.3 Å². The third kappa shape index (κ3) is 5.23. The second-order valence-electron chi connectivity index (χ2n) is 4.28. The lowest BCUT2D eigenvalue weighted by Gasteiger charge is -2.15. The lowest BCUT2D eigenvalue weighted by Crippen LogP contribution is -2.18. The summed E-state index contributed by atoms with van der Waals surface area (Å²) < 4.78 is 11.0. The Morgan fingerprint density at radius 1 is 1.42 bits per heavy atom. The number of hydrogen-bond acceptors (Lipinski definition) is 6. The summed E-state index contributed by atoms with van der Waals surface area (Å²) in [7, 11) is -0.842. The Kier molecular flexibility index (Phi) is 5.71. The number of nitrogen functional groups attached to an aromatic ring is 1. The molecule has 0 saturated carbocycles. The van der Waals surface area contributed by atoms with Crippen molar-refractivity contribution in [2.24, 2.45) is 5.84 Å². The number of nitrogens with one attached hydrogen (secondary N) is 2. The minimum absolute atomic E-state index is 0.0378. The number of non-ortho nitro benzene ring substituents is 1. The van der Waals surface area contributed by atoms with E-state index in [9.17, 15) is 14.3 Å². The molecule has 0 heterocycles. The predicted octanol–water partition coefficient (Wildman–Crippen LogP) is 1.45. The van der Waals surface area contributed by atoms with E-state index in [0.717, 1.165) is 6.42 Å². The van der Waals surface area contributed by atoms with E-state index in [4.69, 9.17) is 5.84 Å². The summed E-state index contributed by atoms with van der Waals surface area (Å²) in [5.41, 5.74) is 3.42. The highest BCUT2D eigenvalue weighted by atomic mass is 32.2. The first-order chi connectivity index (χ1) is 8.92. The van der Waals surface area contributed by atoms with Crippen molar-refractivity contribution in [2.45, 2.75) is 19.4 Å². The molecule has 7 nitrogen and oxygen atoms in total. The zero-order chi connectivity index (χ0) is 14.4. The van der Waals surface area contributed by atoms with Crippen molar-refractivity contribution in [3.8, 4) is 0 Å². The van der Waals surface area contributed by atoms with Gasteiger partial charge in [-0.15, -0.1) is 0 Å². The molecular formula is C11H18N4O3S. The van der Waals surface area contributed by atoms with Gasteiger partial charge in [-0.2, -0.15) is 0 Å². The molecule has 0 aromatic heterocycles. The summed E-state index contributed by atoms with van der Waals surface area (Å²) in [4.78, 5) is 10.3. The average Bonchev–Trinajstić information content (AvgIpc) is 2.35. The van der Waals surface area contributed by atoms with Crippen LogP contribution in [0.3, 0.4) is 0 Å². The van der Waals surface area contributed by atoms with Gasteiger partial charge in [0.15, 0.2) is 0 Å².